The van der Waals surface area contributed by atoms with Crippen molar-refractivity contribution in [3.63, 3.8) is 0 Å². The minimum atomic E-state index is -0.493. The number of nitrogens with one attached hydrogen (secondary N) is 1. The summed E-state index contributed by atoms with van der Waals surface area (Å²) >= 11 is 5.85. The predicted octanol–water partition coefficient (Wildman–Crippen LogP) is 2.72. The molecule has 1 rings (SSSR count). The summed E-state index contributed by atoms with van der Waals surface area (Å²) in [7, 11) is 1.29. The summed E-state index contributed by atoms with van der Waals surface area (Å²) in [5.74, 6) is -0.772. The topological polar surface area (TPSA) is 55.4 Å². The molecule has 0 fully saturated rings. The first-order valence-corrected chi connectivity index (χ1v) is 5.51. The van der Waals surface area contributed by atoms with Gasteiger partial charge in [0.15, 0.2) is 0 Å². The van der Waals surface area contributed by atoms with Crippen LogP contribution < -0.4 is 5.32 Å². The van der Waals surface area contributed by atoms with Crippen LogP contribution in [0.4, 0.5) is 5.69 Å². The van der Waals surface area contributed by atoms with Gasteiger partial charge in [-0.05, 0) is 18.2 Å². The van der Waals surface area contributed by atoms with Crippen LogP contribution >= 0.6 is 11.6 Å². The van der Waals surface area contributed by atoms with E-state index in [1.807, 2.05) is 0 Å². The summed E-state index contributed by atoms with van der Waals surface area (Å²) in [5.41, 5.74) is 0.788. The van der Waals surface area contributed by atoms with Gasteiger partial charge in [-0.25, -0.2) is 4.79 Å². The highest BCUT2D eigenvalue weighted by Gasteiger charge is 2.11. The van der Waals surface area contributed by atoms with Crippen molar-refractivity contribution in [2.24, 2.45) is 5.92 Å². The maximum Gasteiger partial charge on any atom is 0.337 e. The highest BCUT2D eigenvalue weighted by atomic mass is 35.5. The Morgan fingerprint density at radius 2 is 1.94 bits per heavy atom. The third kappa shape index (κ3) is 3.75. The second kappa shape index (κ2) is 5.68. The van der Waals surface area contributed by atoms with Gasteiger partial charge in [0.1, 0.15) is 0 Å². The van der Waals surface area contributed by atoms with Gasteiger partial charge in [-0.1, -0.05) is 25.4 Å². The lowest BCUT2D eigenvalue weighted by Crippen LogP contribution is -2.18. The van der Waals surface area contributed by atoms with Crippen molar-refractivity contribution >= 4 is 29.2 Å². The molecule has 0 aliphatic rings. The third-order valence-electron chi connectivity index (χ3n) is 2.11. The van der Waals surface area contributed by atoms with E-state index in [0.717, 1.165) is 0 Å². The van der Waals surface area contributed by atoms with E-state index < -0.39 is 5.97 Å². The SMILES string of the molecule is COC(=O)c1cc(Cl)cc(NC(=O)C(C)C)c1. The van der Waals surface area contributed by atoms with Gasteiger partial charge in [0.2, 0.25) is 5.91 Å². The number of carbonyl (C=O) groups is 2. The monoisotopic (exact) mass is 255 g/mol. The molecule has 0 aromatic heterocycles. The van der Waals surface area contributed by atoms with Crippen LogP contribution in [0.1, 0.15) is 24.2 Å². The Hall–Kier alpha value is -1.55. The number of rotatable bonds is 3. The van der Waals surface area contributed by atoms with Crippen molar-refractivity contribution in [3.8, 4) is 0 Å². The minimum Gasteiger partial charge on any atom is -0.465 e. The lowest BCUT2D eigenvalue weighted by molar-refractivity contribution is -0.118. The average molecular weight is 256 g/mol. The summed E-state index contributed by atoms with van der Waals surface area (Å²) in [6.45, 7) is 3.56. The highest BCUT2D eigenvalue weighted by molar-refractivity contribution is 6.31. The molecule has 0 atom stereocenters. The van der Waals surface area contributed by atoms with Crippen LogP contribution in [-0.2, 0) is 9.53 Å². The molecule has 0 bridgehead atoms. The first-order chi connectivity index (χ1) is 7.93. The van der Waals surface area contributed by atoms with Gasteiger partial charge in [-0.2, -0.15) is 0 Å². The molecule has 17 heavy (non-hydrogen) atoms. The van der Waals surface area contributed by atoms with Gasteiger partial charge in [0, 0.05) is 16.6 Å². The summed E-state index contributed by atoms with van der Waals surface area (Å²) in [4.78, 5) is 22.8. The van der Waals surface area contributed by atoms with Crippen LogP contribution in [0.15, 0.2) is 18.2 Å². The molecular weight excluding hydrogens is 242 g/mol. The molecule has 1 aromatic carbocycles. The number of benzene rings is 1. The second-order valence-corrected chi connectivity index (χ2v) is 4.30. The number of methoxy groups -OCH3 is 1. The van der Waals surface area contributed by atoms with Crippen molar-refractivity contribution in [2.75, 3.05) is 12.4 Å². The first kappa shape index (κ1) is 13.5. The van der Waals surface area contributed by atoms with Crippen LogP contribution in [0.5, 0.6) is 0 Å². The van der Waals surface area contributed by atoms with E-state index >= 15 is 0 Å². The molecule has 92 valence electrons. The summed E-state index contributed by atoms with van der Waals surface area (Å²) in [5, 5.41) is 3.04. The Labute approximate surface area is 105 Å². The van der Waals surface area contributed by atoms with Gasteiger partial charge in [-0.15, -0.1) is 0 Å². The Bertz CT molecular complexity index is 443. The molecule has 1 amide bonds. The van der Waals surface area contributed by atoms with E-state index in [1.165, 1.54) is 19.2 Å². The zero-order valence-corrected chi connectivity index (χ0v) is 10.7. The molecule has 0 saturated carbocycles. The van der Waals surface area contributed by atoms with Crippen molar-refractivity contribution in [1.29, 1.82) is 0 Å². The second-order valence-electron chi connectivity index (χ2n) is 3.86. The maximum absolute atomic E-state index is 11.5. The van der Waals surface area contributed by atoms with Crippen molar-refractivity contribution in [1.82, 2.24) is 0 Å². The summed E-state index contributed by atoms with van der Waals surface area (Å²) in [6.07, 6.45) is 0. The van der Waals surface area contributed by atoms with Crippen molar-refractivity contribution in [2.45, 2.75) is 13.8 Å². The van der Waals surface area contributed by atoms with Gasteiger partial charge in [0.25, 0.3) is 0 Å². The maximum atomic E-state index is 11.5. The molecule has 0 radical (unpaired) electrons. The molecule has 0 saturated heterocycles. The average Bonchev–Trinajstić information content (AvgIpc) is 2.26. The van der Waals surface area contributed by atoms with Crippen LogP contribution in [0.3, 0.4) is 0 Å². The molecule has 5 heteroatoms. The van der Waals surface area contributed by atoms with Crippen molar-refractivity contribution in [3.05, 3.63) is 28.8 Å². The fraction of sp³-hybridized carbons (Fsp3) is 0.333. The molecule has 1 aromatic rings. The van der Waals surface area contributed by atoms with E-state index in [4.69, 9.17) is 11.6 Å². The van der Waals surface area contributed by atoms with E-state index in [0.29, 0.717) is 16.3 Å². The zero-order valence-electron chi connectivity index (χ0n) is 9.91. The fourth-order valence-electron chi connectivity index (χ4n) is 1.18. The highest BCUT2D eigenvalue weighted by Crippen LogP contribution is 2.20. The van der Waals surface area contributed by atoms with Crippen LogP contribution in [0.25, 0.3) is 0 Å². The Morgan fingerprint density at radius 3 is 2.47 bits per heavy atom. The van der Waals surface area contributed by atoms with Crippen LogP contribution in [0.2, 0.25) is 5.02 Å². The lowest BCUT2D eigenvalue weighted by atomic mass is 10.1. The molecule has 1 N–H and O–H groups in total. The molecule has 0 unspecified atom stereocenters. The Morgan fingerprint density at radius 1 is 1.29 bits per heavy atom. The molecule has 0 aliphatic heterocycles. The number of hydrogen-bond acceptors (Lipinski definition) is 3. The molecule has 0 spiro atoms. The largest absolute Gasteiger partial charge is 0.465 e. The predicted molar refractivity (Wildman–Crippen MR) is 66.3 cm³/mol. The number of amides is 1. The van der Waals surface area contributed by atoms with E-state index in [-0.39, 0.29) is 11.8 Å². The quantitative estimate of drug-likeness (QED) is 0.845. The molecule has 0 heterocycles. The summed E-state index contributed by atoms with van der Waals surface area (Å²) in [6, 6.07) is 4.59. The van der Waals surface area contributed by atoms with E-state index in [2.05, 4.69) is 10.1 Å². The number of halogens is 1. The van der Waals surface area contributed by atoms with Gasteiger partial charge in [0.05, 0.1) is 12.7 Å². The lowest BCUT2D eigenvalue weighted by Gasteiger charge is -2.09. The molecule has 0 aliphatic carbocycles. The molecular formula is C12H14ClNO3. The van der Waals surface area contributed by atoms with Gasteiger partial charge in [-0.3, -0.25) is 4.79 Å². The normalized spacial score (nSPS) is 10.2. The smallest absolute Gasteiger partial charge is 0.337 e. The zero-order chi connectivity index (χ0) is 13.0. The number of anilines is 1. The summed E-state index contributed by atoms with van der Waals surface area (Å²) < 4.78 is 4.59. The van der Waals surface area contributed by atoms with E-state index in [9.17, 15) is 9.59 Å². The first-order valence-electron chi connectivity index (χ1n) is 5.14. The third-order valence-corrected chi connectivity index (χ3v) is 2.33. The minimum absolute atomic E-state index is 0.136. The fourth-order valence-corrected chi connectivity index (χ4v) is 1.42. The molecule has 4 nitrogen and oxygen atoms in total. The van der Waals surface area contributed by atoms with Crippen molar-refractivity contribution < 1.29 is 14.3 Å². The Balaban J connectivity index is 2.97. The van der Waals surface area contributed by atoms with Crippen LogP contribution in [0, 0.1) is 5.92 Å². The van der Waals surface area contributed by atoms with E-state index in [1.54, 1.807) is 19.9 Å². The van der Waals surface area contributed by atoms with Gasteiger partial charge >= 0.3 is 5.97 Å². The number of hydrogen-bond donors (Lipinski definition) is 1. The number of carbonyl (C=O) groups excluding carboxylic acids is 2. The van der Waals surface area contributed by atoms with Gasteiger partial charge < -0.3 is 10.1 Å². The number of esters is 1. The number of ether oxygens (including phenoxy) is 1. The van der Waals surface area contributed by atoms with Crippen LogP contribution in [-0.4, -0.2) is 19.0 Å². The standard InChI is InChI=1S/C12H14ClNO3/c1-7(2)11(15)14-10-5-8(12(16)17-3)4-9(13)6-10/h4-7H,1-3H3,(H,14,15). The Kier molecular flexibility index (Phi) is 4.52.